The Kier molecular flexibility index (Phi) is 7.21. The van der Waals surface area contributed by atoms with E-state index in [1.54, 1.807) is 12.1 Å². The number of H-pyrrole nitrogens is 1. The Morgan fingerprint density at radius 2 is 1.97 bits per heavy atom. The predicted molar refractivity (Wildman–Crippen MR) is 117 cm³/mol. The van der Waals surface area contributed by atoms with Crippen LogP contribution < -0.4 is 10.1 Å². The number of rotatable bonds is 8. The second-order valence-electron chi connectivity index (χ2n) is 6.31. The quantitative estimate of drug-likeness (QED) is 0.240. The first kappa shape index (κ1) is 21.5. The van der Waals surface area contributed by atoms with Gasteiger partial charge in [-0.15, -0.1) is 16.9 Å². The van der Waals surface area contributed by atoms with E-state index in [4.69, 9.17) is 11.6 Å². The van der Waals surface area contributed by atoms with Crippen LogP contribution in [0.25, 0.3) is 5.69 Å². The first-order valence-corrected chi connectivity index (χ1v) is 10.5. The van der Waals surface area contributed by atoms with E-state index in [0.29, 0.717) is 16.5 Å². The number of amides is 1. The summed E-state index contributed by atoms with van der Waals surface area (Å²) in [4.78, 5) is 22.2. The normalized spacial score (nSPS) is 11.0. The van der Waals surface area contributed by atoms with E-state index in [1.807, 2.05) is 41.9 Å². The molecule has 30 heavy (non-hydrogen) atoms. The fourth-order valence-corrected chi connectivity index (χ4v) is 3.73. The summed E-state index contributed by atoms with van der Waals surface area (Å²) in [5, 5.41) is 18.1. The Hall–Kier alpha value is -3.17. The maximum atomic E-state index is 12.0. The maximum Gasteiger partial charge on any atom is 0.269 e. The van der Waals surface area contributed by atoms with Crippen molar-refractivity contribution in [1.29, 1.82) is 0 Å². The molecular formula is C20H19ClN5O3S+. The number of nitro benzene ring substituents is 1. The Morgan fingerprint density at radius 3 is 2.63 bits per heavy atom. The topological polar surface area (TPSA) is 104 Å². The van der Waals surface area contributed by atoms with Crippen LogP contribution in [0.4, 0.5) is 5.69 Å². The van der Waals surface area contributed by atoms with Crippen molar-refractivity contribution in [2.75, 3.05) is 5.75 Å². The van der Waals surface area contributed by atoms with Crippen molar-refractivity contribution in [3.63, 3.8) is 0 Å². The van der Waals surface area contributed by atoms with Gasteiger partial charge < -0.3 is 0 Å². The highest BCUT2D eigenvalue weighted by Gasteiger charge is 2.21. The number of nitrogens with zero attached hydrogens (tertiary/aromatic N) is 3. The summed E-state index contributed by atoms with van der Waals surface area (Å²) >= 11 is 7.66. The Morgan fingerprint density at radius 1 is 1.27 bits per heavy atom. The number of hydrogen-bond donors (Lipinski definition) is 2. The molecule has 0 atom stereocenters. The highest BCUT2D eigenvalue weighted by molar-refractivity contribution is 7.99. The van der Waals surface area contributed by atoms with Gasteiger partial charge >= 0.3 is 0 Å². The molecule has 1 aromatic heterocycles. The van der Waals surface area contributed by atoms with Crippen LogP contribution in [-0.2, 0) is 10.5 Å². The summed E-state index contributed by atoms with van der Waals surface area (Å²) < 4.78 is 1.84. The van der Waals surface area contributed by atoms with Crippen LogP contribution in [0.5, 0.6) is 0 Å². The highest BCUT2D eigenvalue weighted by atomic mass is 35.5. The molecule has 0 aliphatic heterocycles. The van der Waals surface area contributed by atoms with E-state index in [2.05, 4.69) is 15.6 Å². The van der Waals surface area contributed by atoms with Gasteiger partial charge in [0.1, 0.15) is 5.56 Å². The number of benzene rings is 2. The van der Waals surface area contributed by atoms with E-state index in [9.17, 15) is 14.9 Å². The molecule has 0 saturated heterocycles. The molecule has 3 rings (SSSR count). The molecule has 2 aromatic carbocycles. The van der Waals surface area contributed by atoms with Crippen molar-refractivity contribution in [2.45, 2.75) is 12.7 Å². The van der Waals surface area contributed by atoms with Crippen LogP contribution in [0, 0.1) is 17.0 Å². The number of halogens is 1. The first-order chi connectivity index (χ1) is 14.5. The standard InChI is InChI=1S/C20H18ClN5O3S/c1-14-18(20(21)24-25(14)16-5-3-2-4-6-16)11-22-23-19(27)13-30-12-15-7-9-17(10-8-15)26(28)29/h2-11H,12-13H2,1H3,(H,23,27)/p+1. The second-order valence-corrected chi connectivity index (χ2v) is 7.67. The Labute approximate surface area is 182 Å². The second kappa shape index (κ2) is 10.0. The number of hydrazone groups is 1. The summed E-state index contributed by atoms with van der Waals surface area (Å²) in [6.07, 6.45) is 1.51. The van der Waals surface area contributed by atoms with Gasteiger partial charge in [-0.2, -0.15) is 5.10 Å². The number of aromatic amines is 1. The van der Waals surface area contributed by atoms with Gasteiger partial charge in [-0.1, -0.05) is 46.6 Å². The highest BCUT2D eigenvalue weighted by Crippen LogP contribution is 2.17. The number of aromatic nitrogens is 2. The van der Waals surface area contributed by atoms with E-state index < -0.39 is 4.92 Å². The van der Waals surface area contributed by atoms with Crippen molar-refractivity contribution < 1.29 is 14.4 Å². The van der Waals surface area contributed by atoms with Gasteiger partial charge in [0.05, 0.1) is 16.9 Å². The number of carbonyl (C=O) groups is 1. The lowest BCUT2D eigenvalue weighted by Crippen LogP contribution is -2.35. The molecule has 1 heterocycles. The van der Waals surface area contributed by atoms with Gasteiger partial charge in [-0.05, 0) is 5.56 Å². The minimum absolute atomic E-state index is 0.0446. The van der Waals surface area contributed by atoms with Crippen molar-refractivity contribution in [2.24, 2.45) is 5.10 Å². The molecule has 0 unspecified atom stereocenters. The minimum atomic E-state index is -0.442. The van der Waals surface area contributed by atoms with Gasteiger partial charge in [0, 0.05) is 36.9 Å². The first-order valence-electron chi connectivity index (χ1n) is 8.94. The number of hydrogen-bond acceptors (Lipinski definition) is 5. The molecule has 1 amide bonds. The van der Waals surface area contributed by atoms with Gasteiger partial charge in [0.15, 0.2) is 5.15 Å². The smallest absolute Gasteiger partial charge is 0.269 e. The van der Waals surface area contributed by atoms with Crippen molar-refractivity contribution in [3.8, 4) is 5.69 Å². The lowest BCUT2D eigenvalue weighted by Gasteiger charge is -2.01. The zero-order chi connectivity index (χ0) is 21.5. The maximum absolute atomic E-state index is 12.0. The van der Waals surface area contributed by atoms with Crippen LogP contribution in [0.2, 0.25) is 5.15 Å². The summed E-state index contributed by atoms with van der Waals surface area (Å²) in [6.45, 7) is 1.90. The van der Waals surface area contributed by atoms with E-state index in [-0.39, 0.29) is 17.3 Å². The SMILES string of the molecule is Cc1c(C=NNC(=O)CSCc2ccc([N+](=O)[O-])cc2)c(Cl)[nH][n+]1-c1ccccc1. The lowest BCUT2D eigenvalue weighted by atomic mass is 10.2. The molecule has 2 N–H and O–H groups in total. The average Bonchev–Trinajstić information content (AvgIpc) is 3.03. The third-order valence-electron chi connectivity index (χ3n) is 4.22. The summed E-state index contributed by atoms with van der Waals surface area (Å²) in [7, 11) is 0. The molecule has 0 saturated carbocycles. The van der Waals surface area contributed by atoms with Gasteiger partial charge in [0.25, 0.3) is 5.69 Å². The Bertz CT molecular complexity index is 1070. The van der Waals surface area contributed by atoms with E-state index in [1.165, 1.54) is 30.1 Å². The molecule has 0 radical (unpaired) electrons. The van der Waals surface area contributed by atoms with Crippen LogP contribution in [0.1, 0.15) is 16.8 Å². The van der Waals surface area contributed by atoms with Crippen LogP contribution >= 0.6 is 23.4 Å². The Balaban J connectivity index is 1.51. The molecule has 3 aromatic rings. The van der Waals surface area contributed by atoms with Crippen LogP contribution in [0.15, 0.2) is 59.7 Å². The molecule has 8 nitrogen and oxygen atoms in total. The predicted octanol–water partition coefficient (Wildman–Crippen LogP) is 3.54. The molecule has 0 aliphatic rings. The molecular weight excluding hydrogens is 426 g/mol. The lowest BCUT2D eigenvalue weighted by molar-refractivity contribution is -0.661. The molecule has 0 bridgehead atoms. The number of thioether (sulfide) groups is 1. The largest absolute Gasteiger partial charge is 0.272 e. The van der Waals surface area contributed by atoms with E-state index >= 15 is 0 Å². The molecule has 154 valence electrons. The molecule has 0 fully saturated rings. The van der Waals surface area contributed by atoms with Gasteiger partial charge in [0.2, 0.25) is 17.3 Å². The summed E-state index contributed by atoms with van der Waals surface area (Å²) in [6, 6.07) is 15.9. The summed E-state index contributed by atoms with van der Waals surface area (Å²) in [5.41, 5.74) is 5.90. The van der Waals surface area contributed by atoms with Crippen LogP contribution in [-0.4, -0.2) is 27.9 Å². The van der Waals surface area contributed by atoms with Gasteiger partial charge in [-0.3, -0.25) is 14.9 Å². The molecule has 0 spiro atoms. The number of nitro groups is 1. The number of non-ortho nitro benzene ring substituents is 1. The minimum Gasteiger partial charge on any atom is -0.272 e. The monoisotopic (exact) mass is 444 g/mol. The third-order valence-corrected chi connectivity index (χ3v) is 5.51. The number of para-hydroxylation sites is 1. The fraction of sp³-hybridized carbons (Fsp3) is 0.150. The van der Waals surface area contributed by atoms with Gasteiger partial charge in [-0.25, -0.2) is 5.43 Å². The van der Waals surface area contributed by atoms with Crippen molar-refractivity contribution in [1.82, 2.24) is 10.5 Å². The zero-order valence-corrected chi connectivity index (χ0v) is 17.6. The third kappa shape index (κ3) is 5.46. The summed E-state index contributed by atoms with van der Waals surface area (Å²) in [5.74, 6) is 0.520. The average molecular weight is 445 g/mol. The fourth-order valence-electron chi connectivity index (χ4n) is 2.68. The zero-order valence-electron chi connectivity index (χ0n) is 16.0. The van der Waals surface area contributed by atoms with Crippen LogP contribution in [0.3, 0.4) is 0 Å². The molecule has 0 aliphatic carbocycles. The van der Waals surface area contributed by atoms with E-state index in [0.717, 1.165) is 16.9 Å². The van der Waals surface area contributed by atoms with Crippen molar-refractivity contribution in [3.05, 3.63) is 86.7 Å². The number of carbonyl (C=O) groups excluding carboxylic acids is 1. The number of nitrogens with one attached hydrogen (secondary N) is 2. The van der Waals surface area contributed by atoms with Crippen molar-refractivity contribution >= 4 is 41.2 Å². The molecule has 10 heteroatoms.